The molecule has 2 aliphatic carbocycles. The number of hydrogen-bond acceptors (Lipinski definition) is 1. The third-order valence-electron chi connectivity index (χ3n) is 5.39. The fourth-order valence-corrected chi connectivity index (χ4v) is 5.19. The van der Waals surface area contributed by atoms with Crippen molar-refractivity contribution in [1.29, 1.82) is 0 Å². The van der Waals surface area contributed by atoms with Crippen molar-refractivity contribution in [2.24, 2.45) is 11.8 Å². The van der Waals surface area contributed by atoms with Crippen molar-refractivity contribution >= 4 is 15.9 Å². The molecule has 108 valence electrons. The van der Waals surface area contributed by atoms with E-state index in [0.717, 1.165) is 17.8 Å². The van der Waals surface area contributed by atoms with Gasteiger partial charge in [0.2, 0.25) is 0 Å². The topological polar surface area (TPSA) is 12.9 Å². The van der Waals surface area contributed by atoms with Crippen molar-refractivity contribution in [1.82, 2.24) is 4.98 Å². The molecule has 1 fully saturated rings. The molecule has 0 aliphatic heterocycles. The quantitative estimate of drug-likeness (QED) is 0.721. The number of aryl methyl sites for hydroxylation is 1. The van der Waals surface area contributed by atoms with E-state index in [1.165, 1.54) is 18.5 Å². The summed E-state index contributed by atoms with van der Waals surface area (Å²) in [6, 6.07) is 15.3. The van der Waals surface area contributed by atoms with E-state index in [2.05, 4.69) is 64.2 Å². The van der Waals surface area contributed by atoms with Crippen LogP contribution in [0.5, 0.6) is 0 Å². The summed E-state index contributed by atoms with van der Waals surface area (Å²) in [7, 11) is 0. The summed E-state index contributed by atoms with van der Waals surface area (Å²) in [5, 5.41) is 0. The van der Waals surface area contributed by atoms with E-state index < -0.39 is 0 Å². The molecule has 0 spiro atoms. The lowest BCUT2D eigenvalue weighted by Crippen LogP contribution is -2.14. The molecule has 4 rings (SSSR count). The van der Waals surface area contributed by atoms with Crippen LogP contribution in [-0.4, -0.2) is 9.81 Å². The lowest BCUT2D eigenvalue weighted by Gasteiger charge is -2.18. The number of benzene rings is 1. The minimum absolute atomic E-state index is 0.467. The van der Waals surface area contributed by atoms with E-state index in [1.807, 2.05) is 12.3 Å². The maximum absolute atomic E-state index is 4.54. The van der Waals surface area contributed by atoms with Crippen LogP contribution in [0, 0.1) is 11.8 Å². The molecule has 1 aromatic carbocycles. The molecule has 2 heteroatoms. The van der Waals surface area contributed by atoms with Crippen molar-refractivity contribution in [2.45, 2.75) is 36.4 Å². The first-order chi connectivity index (χ1) is 10.3. The minimum Gasteiger partial charge on any atom is -0.261 e. The highest BCUT2D eigenvalue weighted by molar-refractivity contribution is 9.09. The van der Waals surface area contributed by atoms with Gasteiger partial charge >= 0.3 is 0 Å². The molecule has 21 heavy (non-hydrogen) atoms. The highest BCUT2D eigenvalue weighted by Gasteiger charge is 2.56. The first-order valence-corrected chi connectivity index (χ1v) is 8.81. The number of aromatic nitrogens is 1. The molecule has 0 saturated heterocycles. The van der Waals surface area contributed by atoms with Gasteiger partial charge in [-0.25, -0.2) is 0 Å². The molecule has 5 unspecified atom stereocenters. The zero-order valence-electron chi connectivity index (χ0n) is 12.2. The highest BCUT2D eigenvalue weighted by atomic mass is 79.9. The van der Waals surface area contributed by atoms with Gasteiger partial charge < -0.3 is 0 Å². The number of halogens is 1. The molecular formula is C19H20BrN. The van der Waals surface area contributed by atoms with E-state index in [1.54, 1.807) is 11.1 Å². The van der Waals surface area contributed by atoms with Gasteiger partial charge in [-0.05, 0) is 53.9 Å². The SMILES string of the molecule is CC(c1ccccn1)C(Br)C1C2CCc3ccccc3C21. The molecule has 5 atom stereocenters. The Morgan fingerprint density at radius 1 is 1.14 bits per heavy atom. The van der Waals surface area contributed by atoms with Crippen molar-refractivity contribution in [3.05, 3.63) is 65.5 Å². The summed E-state index contributed by atoms with van der Waals surface area (Å²) in [5.41, 5.74) is 4.39. The van der Waals surface area contributed by atoms with Gasteiger partial charge in [-0.1, -0.05) is 53.2 Å². The summed E-state index contributed by atoms with van der Waals surface area (Å²) in [4.78, 5) is 5.06. The molecule has 2 aromatic rings. The van der Waals surface area contributed by atoms with Crippen LogP contribution in [-0.2, 0) is 6.42 Å². The van der Waals surface area contributed by atoms with Crippen LogP contribution in [0.2, 0.25) is 0 Å². The number of pyridine rings is 1. The van der Waals surface area contributed by atoms with Gasteiger partial charge in [0.25, 0.3) is 0 Å². The van der Waals surface area contributed by atoms with E-state index in [-0.39, 0.29) is 0 Å². The predicted molar refractivity (Wildman–Crippen MR) is 89.9 cm³/mol. The van der Waals surface area contributed by atoms with Gasteiger partial charge in [0.05, 0.1) is 0 Å². The highest BCUT2D eigenvalue weighted by Crippen LogP contribution is 2.64. The van der Waals surface area contributed by atoms with Crippen LogP contribution in [0.25, 0.3) is 0 Å². The number of nitrogens with zero attached hydrogens (tertiary/aromatic N) is 1. The fourth-order valence-electron chi connectivity index (χ4n) is 4.20. The summed E-state index contributed by atoms with van der Waals surface area (Å²) < 4.78 is 0. The first kappa shape index (κ1) is 13.5. The number of rotatable bonds is 3. The Balaban J connectivity index is 1.57. The molecule has 0 bridgehead atoms. The average molecular weight is 342 g/mol. The second kappa shape index (κ2) is 5.24. The zero-order valence-corrected chi connectivity index (χ0v) is 13.8. The Morgan fingerprint density at radius 3 is 2.76 bits per heavy atom. The largest absolute Gasteiger partial charge is 0.261 e. The molecule has 1 heterocycles. The van der Waals surface area contributed by atoms with Gasteiger partial charge in [0, 0.05) is 22.6 Å². The first-order valence-electron chi connectivity index (χ1n) is 7.90. The predicted octanol–water partition coefficient (Wildman–Crippen LogP) is 4.92. The Labute approximate surface area is 134 Å². The molecule has 2 aliphatic rings. The van der Waals surface area contributed by atoms with Crippen molar-refractivity contribution in [3.63, 3.8) is 0 Å². The van der Waals surface area contributed by atoms with Crippen LogP contribution < -0.4 is 0 Å². The van der Waals surface area contributed by atoms with Gasteiger partial charge in [-0.2, -0.15) is 0 Å². The summed E-state index contributed by atoms with van der Waals surface area (Å²) in [5.74, 6) is 2.88. The van der Waals surface area contributed by atoms with Gasteiger partial charge in [0.1, 0.15) is 0 Å². The number of alkyl halides is 1. The lowest BCUT2D eigenvalue weighted by molar-refractivity contribution is 0.572. The Kier molecular flexibility index (Phi) is 3.37. The second-order valence-corrected chi connectivity index (χ2v) is 7.55. The zero-order chi connectivity index (χ0) is 14.4. The summed E-state index contributed by atoms with van der Waals surface area (Å²) >= 11 is 4.01. The van der Waals surface area contributed by atoms with E-state index >= 15 is 0 Å². The van der Waals surface area contributed by atoms with Crippen LogP contribution in [0.15, 0.2) is 48.7 Å². The smallest absolute Gasteiger partial charge is 0.0443 e. The Bertz CT molecular complexity index is 639. The van der Waals surface area contributed by atoms with Gasteiger partial charge in [0.15, 0.2) is 0 Å². The van der Waals surface area contributed by atoms with E-state index in [4.69, 9.17) is 0 Å². The van der Waals surface area contributed by atoms with Crippen molar-refractivity contribution < 1.29 is 0 Å². The molecular weight excluding hydrogens is 322 g/mol. The lowest BCUT2D eigenvalue weighted by atomic mass is 9.92. The van der Waals surface area contributed by atoms with Crippen LogP contribution >= 0.6 is 15.9 Å². The molecule has 1 aromatic heterocycles. The normalized spacial score (nSPS) is 29.1. The molecule has 0 N–H and O–H groups in total. The standard InChI is InChI=1S/C19H20BrN/c1-12(16-8-4-5-11-21-16)19(20)18-15-10-9-13-6-2-3-7-14(13)17(15)18/h2-8,11-12,15,17-19H,9-10H2,1H3. The number of fused-ring (bicyclic) bond motifs is 3. The Hall–Kier alpha value is -1.15. The molecule has 0 amide bonds. The number of hydrogen-bond donors (Lipinski definition) is 0. The van der Waals surface area contributed by atoms with E-state index in [9.17, 15) is 0 Å². The Morgan fingerprint density at radius 2 is 1.95 bits per heavy atom. The maximum atomic E-state index is 4.54. The van der Waals surface area contributed by atoms with E-state index in [0.29, 0.717) is 10.7 Å². The third-order valence-corrected chi connectivity index (χ3v) is 6.79. The fraction of sp³-hybridized carbons (Fsp3) is 0.421. The summed E-state index contributed by atoms with van der Waals surface area (Å²) in [6.45, 7) is 2.30. The summed E-state index contributed by atoms with van der Waals surface area (Å²) in [6.07, 6.45) is 4.51. The van der Waals surface area contributed by atoms with Crippen molar-refractivity contribution in [2.75, 3.05) is 0 Å². The van der Waals surface area contributed by atoms with Gasteiger partial charge in [-0.15, -0.1) is 0 Å². The maximum Gasteiger partial charge on any atom is 0.0443 e. The monoisotopic (exact) mass is 341 g/mol. The molecule has 0 radical (unpaired) electrons. The molecule has 1 nitrogen and oxygen atoms in total. The van der Waals surface area contributed by atoms with Crippen LogP contribution in [0.4, 0.5) is 0 Å². The van der Waals surface area contributed by atoms with Gasteiger partial charge in [-0.3, -0.25) is 4.98 Å². The van der Waals surface area contributed by atoms with Crippen molar-refractivity contribution in [3.8, 4) is 0 Å². The minimum atomic E-state index is 0.467. The second-order valence-electron chi connectivity index (χ2n) is 6.49. The third kappa shape index (κ3) is 2.24. The average Bonchev–Trinajstić information content (AvgIpc) is 3.29. The van der Waals surface area contributed by atoms with Crippen LogP contribution in [0.1, 0.15) is 42.0 Å². The molecule has 1 saturated carbocycles. The van der Waals surface area contributed by atoms with Crippen LogP contribution in [0.3, 0.4) is 0 Å².